The fourth-order valence-electron chi connectivity index (χ4n) is 3.00. The minimum atomic E-state index is -0.627. The number of nitrogens with one attached hydrogen (secondary N) is 1. The first-order valence-corrected chi connectivity index (χ1v) is 9.16. The van der Waals surface area contributed by atoms with Crippen LogP contribution in [-0.4, -0.2) is 37.4 Å². The number of benzene rings is 2. The van der Waals surface area contributed by atoms with E-state index in [1.54, 1.807) is 12.1 Å². The summed E-state index contributed by atoms with van der Waals surface area (Å²) in [4.78, 5) is 29.7. The fourth-order valence-corrected chi connectivity index (χ4v) is 3.00. The van der Waals surface area contributed by atoms with Crippen molar-refractivity contribution in [2.45, 2.75) is 0 Å². The van der Waals surface area contributed by atoms with Crippen molar-refractivity contribution in [1.29, 1.82) is 0 Å². The Labute approximate surface area is 169 Å². The van der Waals surface area contributed by atoms with Gasteiger partial charge in [0.05, 0.1) is 5.69 Å². The van der Waals surface area contributed by atoms with Gasteiger partial charge in [-0.05, 0) is 48.5 Å². The molecule has 0 spiro atoms. The van der Waals surface area contributed by atoms with E-state index in [1.165, 1.54) is 35.9 Å². The largest absolute Gasteiger partial charge is 0.384 e. The van der Waals surface area contributed by atoms with Crippen LogP contribution in [0.5, 0.6) is 0 Å². The number of nitrogens with two attached hydrogens (primary N) is 1. The van der Waals surface area contributed by atoms with Gasteiger partial charge in [0.25, 0.3) is 5.56 Å². The lowest BCUT2D eigenvalue weighted by molar-refractivity contribution is 0.627. The molecule has 0 saturated heterocycles. The Balaban J connectivity index is 1.86. The Bertz CT molecular complexity index is 1330. The SMILES string of the molecule is Cn1c(=O)c2nc(-c3ccc(NCCN)cc3)nnc2n(-c2ccc(F)cc2)c1=O. The van der Waals surface area contributed by atoms with Crippen molar-refractivity contribution < 1.29 is 4.39 Å². The number of anilines is 1. The highest BCUT2D eigenvalue weighted by Crippen LogP contribution is 2.19. The molecule has 2 aromatic heterocycles. The molecule has 3 N–H and O–H groups in total. The molecule has 0 saturated carbocycles. The van der Waals surface area contributed by atoms with Crippen molar-refractivity contribution in [2.24, 2.45) is 12.8 Å². The van der Waals surface area contributed by atoms with Crippen LogP contribution < -0.4 is 22.3 Å². The molecule has 0 aliphatic rings. The molecule has 0 fully saturated rings. The highest BCUT2D eigenvalue weighted by Gasteiger charge is 2.17. The maximum atomic E-state index is 13.3. The van der Waals surface area contributed by atoms with E-state index in [0.29, 0.717) is 24.3 Å². The molecule has 0 atom stereocenters. The fraction of sp³-hybridized carbons (Fsp3) is 0.150. The van der Waals surface area contributed by atoms with E-state index in [4.69, 9.17) is 5.73 Å². The predicted octanol–water partition coefficient (Wildman–Crippen LogP) is 1.05. The average molecular weight is 407 g/mol. The molecule has 0 unspecified atom stereocenters. The average Bonchev–Trinajstić information content (AvgIpc) is 2.78. The summed E-state index contributed by atoms with van der Waals surface area (Å²) in [5.74, 6) is -0.203. The first kappa shape index (κ1) is 19.4. The second-order valence-electron chi connectivity index (χ2n) is 6.56. The zero-order valence-corrected chi connectivity index (χ0v) is 16.0. The lowest BCUT2D eigenvalue weighted by atomic mass is 10.2. The normalized spacial score (nSPS) is 11.0. The van der Waals surface area contributed by atoms with Gasteiger partial charge in [-0.15, -0.1) is 10.2 Å². The summed E-state index contributed by atoms with van der Waals surface area (Å²) in [7, 11) is 1.35. The van der Waals surface area contributed by atoms with Crippen LogP contribution in [-0.2, 0) is 7.05 Å². The van der Waals surface area contributed by atoms with Crippen LogP contribution in [0.2, 0.25) is 0 Å². The van der Waals surface area contributed by atoms with Crippen LogP contribution in [0.25, 0.3) is 28.2 Å². The van der Waals surface area contributed by atoms with Crippen LogP contribution in [0.4, 0.5) is 10.1 Å². The van der Waals surface area contributed by atoms with Crippen molar-refractivity contribution in [3.63, 3.8) is 0 Å². The molecule has 0 amide bonds. The molecule has 10 heteroatoms. The second-order valence-corrected chi connectivity index (χ2v) is 6.56. The Hall–Kier alpha value is -3.92. The summed E-state index contributed by atoms with van der Waals surface area (Å²) in [6, 6.07) is 12.5. The van der Waals surface area contributed by atoms with E-state index in [0.717, 1.165) is 10.3 Å². The Morgan fingerprint density at radius 2 is 1.73 bits per heavy atom. The topological polar surface area (TPSA) is 121 Å². The molecule has 0 bridgehead atoms. The first-order valence-electron chi connectivity index (χ1n) is 9.16. The van der Waals surface area contributed by atoms with Gasteiger partial charge in [0.1, 0.15) is 5.82 Å². The van der Waals surface area contributed by atoms with Crippen molar-refractivity contribution in [3.8, 4) is 17.1 Å². The zero-order chi connectivity index (χ0) is 21.3. The molecular formula is C20H18FN7O2. The van der Waals surface area contributed by atoms with Gasteiger partial charge in [0, 0.05) is 31.4 Å². The first-order chi connectivity index (χ1) is 14.5. The zero-order valence-electron chi connectivity index (χ0n) is 16.0. The van der Waals surface area contributed by atoms with Crippen LogP contribution in [0.3, 0.4) is 0 Å². The van der Waals surface area contributed by atoms with E-state index in [9.17, 15) is 14.0 Å². The molecule has 4 rings (SSSR count). The minimum absolute atomic E-state index is 0.000286. The summed E-state index contributed by atoms with van der Waals surface area (Å²) in [5.41, 5.74) is 6.14. The van der Waals surface area contributed by atoms with Crippen molar-refractivity contribution in [2.75, 3.05) is 18.4 Å². The third kappa shape index (κ3) is 3.44. The molecule has 2 aromatic carbocycles. The maximum Gasteiger partial charge on any atom is 0.337 e. The second kappa shape index (κ2) is 7.84. The highest BCUT2D eigenvalue weighted by atomic mass is 19.1. The van der Waals surface area contributed by atoms with Gasteiger partial charge in [-0.1, -0.05) is 0 Å². The lowest BCUT2D eigenvalue weighted by Crippen LogP contribution is -2.38. The van der Waals surface area contributed by atoms with Gasteiger partial charge in [0.2, 0.25) is 0 Å². The predicted molar refractivity (Wildman–Crippen MR) is 111 cm³/mol. The monoisotopic (exact) mass is 407 g/mol. The van der Waals surface area contributed by atoms with E-state index in [1.807, 2.05) is 12.1 Å². The summed E-state index contributed by atoms with van der Waals surface area (Å²) in [5, 5.41) is 11.4. The third-order valence-electron chi connectivity index (χ3n) is 4.57. The summed E-state index contributed by atoms with van der Waals surface area (Å²) in [6.45, 7) is 1.16. The number of hydrogen-bond acceptors (Lipinski definition) is 7. The van der Waals surface area contributed by atoms with Crippen molar-refractivity contribution >= 4 is 16.9 Å². The van der Waals surface area contributed by atoms with Gasteiger partial charge < -0.3 is 11.1 Å². The van der Waals surface area contributed by atoms with E-state index < -0.39 is 17.1 Å². The number of rotatable bonds is 5. The van der Waals surface area contributed by atoms with E-state index in [-0.39, 0.29) is 17.0 Å². The number of fused-ring (bicyclic) bond motifs is 1. The maximum absolute atomic E-state index is 13.3. The van der Waals surface area contributed by atoms with E-state index in [2.05, 4.69) is 20.5 Å². The molecule has 152 valence electrons. The molecule has 4 aromatic rings. The third-order valence-corrected chi connectivity index (χ3v) is 4.57. The van der Waals surface area contributed by atoms with Crippen LogP contribution >= 0.6 is 0 Å². The Morgan fingerprint density at radius 1 is 1.03 bits per heavy atom. The van der Waals surface area contributed by atoms with Crippen LogP contribution in [0.15, 0.2) is 58.1 Å². The lowest BCUT2D eigenvalue weighted by Gasteiger charge is -2.11. The van der Waals surface area contributed by atoms with Crippen molar-refractivity contribution in [3.05, 3.63) is 75.2 Å². The summed E-state index contributed by atoms with van der Waals surface area (Å²) in [6.07, 6.45) is 0. The van der Waals surface area contributed by atoms with E-state index >= 15 is 0 Å². The number of halogens is 1. The van der Waals surface area contributed by atoms with Gasteiger partial charge in [-0.25, -0.2) is 18.7 Å². The van der Waals surface area contributed by atoms with Gasteiger partial charge in [-0.2, -0.15) is 0 Å². The number of nitrogens with zero attached hydrogens (tertiary/aromatic N) is 5. The van der Waals surface area contributed by atoms with Crippen LogP contribution in [0, 0.1) is 5.82 Å². The minimum Gasteiger partial charge on any atom is -0.384 e. The van der Waals surface area contributed by atoms with Crippen molar-refractivity contribution in [1.82, 2.24) is 24.3 Å². The Morgan fingerprint density at radius 3 is 2.40 bits per heavy atom. The smallest absolute Gasteiger partial charge is 0.337 e. The molecule has 0 radical (unpaired) electrons. The Kier molecular flexibility index (Phi) is 5.07. The summed E-state index contributed by atoms with van der Waals surface area (Å²) < 4.78 is 15.4. The molecule has 2 heterocycles. The quantitative estimate of drug-likeness (QED) is 0.507. The standard InChI is InChI=1S/C20H18FN7O2/c1-27-19(29)16-18(28(20(27)30)15-8-4-13(21)5-9-15)26-25-17(24-16)12-2-6-14(7-3-12)23-11-10-22/h2-9,23H,10-11,22H2,1H3. The molecular weight excluding hydrogens is 389 g/mol. The van der Waals surface area contributed by atoms with Gasteiger partial charge in [0.15, 0.2) is 17.0 Å². The molecule has 9 nitrogen and oxygen atoms in total. The molecule has 0 aliphatic heterocycles. The molecule has 30 heavy (non-hydrogen) atoms. The number of aromatic nitrogens is 5. The van der Waals surface area contributed by atoms with Gasteiger partial charge in [-0.3, -0.25) is 9.36 Å². The van der Waals surface area contributed by atoms with Gasteiger partial charge >= 0.3 is 5.69 Å². The number of hydrogen-bond donors (Lipinski definition) is 2. The summed E-state index contributed by atoms with van der Waals surface area (Å²) >= 11 is 0. The highest BCUT2D eigenvalue weighted by molar-refractivity contribution is 5.73. The van der Waals surface area contributed by atoms with Crippen LogP contribution in [0.1, 0.15) is 0 Å². The molecule has 0 aliphatic carbocycles.